The summed E-state index contributed by atoms with van der Waals surface area (Å²) < 4.78 is 0. The molecule has 2 heterocycles. The van der Waals surface area contributed by atoms with Gasteiger partial charge in [0.1, 0.15) is 0 Å². The molecule has 6 heteroatoms. The Hall–Kier alpha value is -1.85. The van der Waals surface area contributed by atoms with E-state index < -0.39 is 0 Å². The number of amides is 2. The first-order chi connectivity index (χ1) is 11.6. The maximum atomic E-state index is 12.4. The molecule has 1 atom stereocenters. The van der Waals surface area contributed by atoms with Gasteiger partial charge in [0.05, 0.1) is 10.8 Å². The van der Waals surface area contributed by atoms with E-state index in [1.54, 1.807) is 4.90 Å². The molecule has 0 spiro atoms. The van der Waals surface area contributed by atoms with Gasteiger partial charge in [-0.15, -0.1) is 11.3 Å². The van der Waals surface area contributed by atoms with E-state index in [0.717, 1.165) is 29.8 Å². The third-order valence-electron chi connectivity index (χ3n) is 4.19. The molecule has 2 amide bonds. The van der Waals surface area contributed by atoms with Crippen LogP contribution in [0.25, 0.3) is 0 Å². The Bertz CT molecular complexity index is 700. The van der Waals surface area contributed by atoms with Crippen LogP contribution in [0.5, 0.6) is 0 Å². The predicted molar refractivity (Wildman–Crippen MR) is 96.2 cm³/mol. The normalized spacial score (nSPS) is 17.5. The molecule has 24 heavy (non-hydrogen) atoms. The lowest BCUT2D eigenvalue weighted by atomic mass is 9.97. The van der Waals surface area contributed by atoms with E-state index >= 15 is 0 Å². The summed E-state index contributed by atoms with van der Waals surface area (Å²) in [7, 11) is 0. The fraction of sp³-hybridized carbons (Fsp3) is 0.333. The maximum absolute atomic E-state index is 12.4. The average molecular weight is 363 g/mol. The molecule has 3 rings (SSSR count). The molecule has 0 aliphatic carbocycles. The van der Waals surface area contributed by atoms with Gasteiger partial charge in [-0.3, -0.25) is 9.59 Å². The summed E-state index contributed by atoms with van der Waals surface area (Å²) in [5.41, 5.74) is 1.01. The van der Waals surface area contributed by atoms with Gasteiger partial charge < -0.3 is 10.2 Å². The number of nitrogens with zero attached hydrogens (tertiary/aromatic N) is 1. The topological polar surface area (TPSA) is 49.4 Å². The zero-order valence-electron chi connectivity index (χ0n) is 13.2. The Morgan fingerprint density at radius 2 is 2.04 bits per heavy atom. The molecular weight excluding hydrogens is 344 g/mol. The lowest BCUT2D eigenvalue weighted by molar-refractivity contribution is -0.126. The number of carbonyl (C=O) groups excluding carboxylic acids is 2. The highest BCUT2D eigenvalue weighted by atomic mass is 35.5. The molecule has 1 unspecified atom stereocenters. The minimum atomic E-state index is -0.144. The van der Waals surface area contributed by atoms with Crippen molar-refractivity contribution in [1.29, 1.82) is 0 Å². The number of thiophene rings is 1. The van der Waals surface area contributed by atoms with E-state index in [1.807, 2.05) is 41.8 Å². The first-order valence-electron chi connectivity index (χ1n) is 7.98. The van der Waals surface area contributed by atoms with Crippen LogP contribution in [-0.4, -0.2) is 29.8 Å². The van der Waals surface area contributed by atoms with Gasteiger partial charge in [-0.25, -0.2) is 0 Å². The van der Waals surface area contributed by atoms with Crippen LogP contribution >= 0.6 is 22.9 Å². The number of piperidine rings is 1. The van der Waals surface area contributed by atoms with Gasteiger partial charge in [0.2, 0.25) is 5.91 Å². The van der Waals surface area contributed by atoms with E-state index in [-0.39, 0.29) is 17.7 Å². The van der Waals surface area contributed by atoms with Crippen LogP contribution in [-0.2, 0) is 11.3 Å². The van der Waals surface area contributed by atoms with Crippen molar-refractivity contribution in [3.8, 4) is 0 Å². The van der Waals surface area contributed by atoms with Crippen molar-refractivity contribution in [2.75, 3.05) is 13.1 Å². The zero-order valence-corrected chi connectivity index (χ0v) is 14.8. The van der Waals surface area contributed by atoms with Gasteiger partial charge >= 0.3 is 0 Å². The molecule has 1 fully saturated rings. The first kappa shape index (κ1) is 17.0. The number of nitrogens with one attached hydrogen (secondary N) is 1. The summed E-state index contributed by atoms with van der Waals surface area (Å²) >= 11 is 7.30. The van der Waals surface area contributed by atoms with Crippen LogP contribution in [0.3, 0.4) is 0 Å². The Kier molecular flexibility index (Phi) is 5.53. The largest absolute Gasteiger partial charge is 0.352 e. The Morgan fingerprint density at radius 1 is 1.25 bits per heavy atom. The number of carbonyl (C=O) groups is 2. The Labute approximate surface area is 150 Å². The van der Waals surface area contributed by atoms with Crippen LogP contribution in [0.15, 0.2) is 41.8 Å². The molecule has 2 aromatic rings. The summed E-state index contributed by atoms with van der Waals surface area (Å²) in [6, 6.07) is 11.1. The second-order valence-corrected chi connectivity index (χ2v) is 7.30. The molecule has 1 saturated heterocycles. The summed E-state index contributed by atoms with van der Waals surface area (Å²) in [5, 5.41) is 5.54. The third-order valence-corrected chi connectivity index (χ3v) is 5.30. The van der Waals surface area contributed by atoms with Gasteiger partial charge in [0, 0.05) is 24.7 Å². The van der Waals surface area contributed by atoms with Gasteiger partial charge in [0.15, 0.2) is 0 Å². The summed E-state index contributed by atoms with van der Waals surface area (Å²) in [6.07, 6.45) is 1.68. The van der Waals surface area contributed by atoms with Gasteiger partial charge in [-0.1, -0.05) is 29.8 Å². The summed E-state index contributed by atoms with van der Waals surface area (Å²) in [6.45, 7) is 1.69. The minimum absolute atomic E-state index is 0.00799. The van der Waals surface area contributed by atoms with Crippen molar-refractivity contribution in [3.63, 3.8) is 0 Å². The average Bonchev–Trinajstić information content (AvgIpc) is 3.15. The highest BCUT2D eigenvalue weighted by Gasteiger charge is 2.29. The Morgan fingerprint density at radius 3 is 2.75 bits per heavy atom. The lowest BCUT2D eigenvalue weighted by Crippen LogP contribution is -2.45. The van der Waals surface area contributed by atoms with E-state index in [4.69, 9.17) is 11.6 Å². The number of halogens is 1. The maximum Gasteiger partial charge on any atom is 0.263 e. The number of rotatable bonds is 4. The highest BCUT2D eigenvalue weighted by Crippen LogP contribution is 2.21. The van der Waals surface area contributed by atoms with Crippen molar-refractivity contribution in [1.82, 2.24) is 10.2 Å². The third kappa shape index (κ3) is 4.16. The molecule has 4 nitrogen and oxygen atoms in total. The monoisotopic (exact) mass is 362 g/mol. The molecule has 1 aromatic heterocycles. The molecule has 0 bridgehead atoms. The molecule has 1 N–H and O–H groups in total. The van der Waals surface area contributed by atoms with Crippen LogP contribution in [0.1, 0.15) is 28.1 Å². The second-order valence-electron chi connectivity index (χ2n) is 5.91. The van der Waals surface area contributed by atoms with Crippen molar-refractivity contribution in [2.24, 2.45) is 5.92 Å². The van der Waals surface area contributed by atoms with Crippen molar-refractivity contribution in [2.45, 2.75) is 19.4 Å². The van der Waals surface area contributed by atoms with E-state index in [1.165, 1.54) is 11.3 Å². The number of hydrogen-bond donors (Lipinski definition) is 1. The number of hydrogen-bond acceptors (Lipinski definition) is 3. The molecule has 1 aromatic carbocycles. The minimum Gasteiger partial charge on any atom is -0.352 e. The SMILES string of the molecule is O=C(NCc1ccc(Cl)cc1)C1CCCN(C(=O)c2cccs2)C1. The van der Waals surface area contributed by atoms with Gasteiger partial charge in [0.25, 0.3) is 5.91 Å². The summed E-state index contributed by atoms with van der Waals surface area (Å²) in [5.74, 6) is -0.108. The molecule has 126 valence electrons. The first-order valence-corrected chi connectivity index (χ1v) is 9.24. The fourth-order valence-electron chi connectivity index (χ4n) is 2.87. The van der Waals surface area contributed by atoms with Gasteiger partial charge in [-0.2, -0.15) is 0 Å². The van der Waals surface area contributed by atoms with E-state index in [2.05, 4.69) is 5.32 Å². The number of likely N-dealkylation sites (tertiary alicyclic amines) is 1. The van der Waals surface area contributed by atoms with Crippen LogP contribution in [0.4, 0.5) is 0 Å². The molecule has 0 saturated carbocycles. The van der Waals surface area contributed by atoms with Crippen molar-refractivity contribution >= 4 is 34.8 Å². The quantitative estimate of drug-likeness (QED) is 0.903. The van der Waals surface area contributed by atoms with E-state index in [0.29, 0.717) is 18.1 Å². The smallest absolute Gasteiger partial charge is 0.263 e. The molecule has 1 aliphatic heterocycles. The fourth-order valence-corrected chi connectivity index (χ4v) is 3.68. The molecular formula is C18H19ClN2O2S. The van der Waals surface area contributed by atoms with Crippen molar-refractivity contribution in [3.05, 3.63) is 57.2 Å². The standard InChI is InChI=1S/C18H19ClN2O2S/c19-15-7-5-13(6-8-15)11-20-17(22)14-3-1-9-21(12-14)18(23)16-4-2-10-24-16/h2,4-8,10,14H,1,3,9,11-12H2,(H,20,22). The van der Waals surface area contributed by atoms with Gasteiger partial charge in [-0.05, 0) is 42.0 Å². The zero-order chi connectivity index (χ0) is 16.9. The second kappa shape index (κ2) is 7.81. The lowest BCUT2D eigenvalue weighted by Gasteiger charge is -2.31. The molecule has 0 radical (unpaired) electrons. The Balaban J connectivity index is 1.55. The van der Waals surface area contributed by atoms with Crippen LogP contribution in [0.2, 0.25) is 5.02 Å². The molecule has 1 aliphatic rings. The summed E-state index contributed by atoms with van der Waals surface area (Å²) in [4.78, 5) is 27.4. The number of benzene rings is 1. The van der Waals surface area contributed by atoms with Crippen LogP contribution < -0.4 is 5.32 Å². The predicted octanol–water partition coefficient (Wildman–Crippen LogP) is 3.57. The highest BCUT2D eigenvalue weighted by molar-refractivity contribution is 7.12. The van der Waals surface area contributed by atoms with Crippen molar-refractivity contribution < 1.29 is 9.59 Å². The van der Waals surface area contributed by atoms with Crippen LogP contribution in [0, 0.1) is 5.92 Å². The van der Waals surface area contributed by atoms with E-state index in [9.17, 15) is 9.59 Å².